The van der Waals surface area contributed by atoms with Gasteiger partial charge in [-0.1, -0.05) is 0 Å². The number of nitrogens with zero attached hydrogens (tertiary/aromatic N) is 3. The second kappa shape index (κ2) is 6.31. The molecule has 0 bridgehead atoms. The number of aromatic amines is 1. The monoisotopic (exact) mass is 331 g/mol. The summed E-state index contributed by atoms with van der Waals surface area (Å²) in [5, 5.41) is 13.2. The van der Waals surface area contributed by atoms with Crippen LogP contribution in [0.3, 0.4) is 0 Å². The average Bonchev–Trinajstić information content (AvgIpc) is 3.06. The van der Waals surface area contributed by atoms with Gasteiger partial charge >= 0.3 is 6.03 Å². The molecule has 0 aromatic carbocycles. The number of hydrogen-bond donors (Lipinski definition) is 2. The lowest BCUT2D eigenvalue weighted by Crippen LogP contribution is -2.46. The fraction of sp³-hybridized carbons (Fsp3) is 0.562. The van der Waals surface area contributed by atoms with Crippen LogP contribution in [0.1, 0.15) is 54.8 Å². The minimum atomic E-state index is 0.0306. The molecule has 1 aliphatic carbocycles. The molecule has 122 valence electrons. The molecule has 2 aromatic rings. The molecule has 7 heteroatoms. The Labute approximate surface area is 139 Å². The molecule has 2 amide bonds. The lowest BCUT2D eigenvalue weighted by atomic mass is 9.98. The first-order valence-electron chi connectivity index (χ1n) is 8.28. The normalized spacial score (nSPS) is 22.8. The summed E-state index contributed by atoms with van der Waals surface area (Å²) < 4.78 is 0. The van der Waals surface area contributed by atoms with E-state index >= 15 is 0 Å². The Morgan fingerprint density at radius 3 is 3.00 bits per heavy atom. The zero-order chi connectivity index (χ0) is 15.6. The predicted octanol–water partition coefficient (Wildman–Crippen LogP) is 3.25. The van der Waals surface area contributed by atoms with Gasteiger partial charge in [0.2, 0.25) is 0 Å². The molecule has 2 aliphatic rings. The number of rotatable bonds is 4. The zero-order valence-corrected chi connectivity index (χ0v) is 13.8. The Kier molecular flexibility index (Phi) is 4.03. The Morgan fingerprint density at radius 1 is 1.39 bits per heavy atom. The lowest BCUT2D eigenvalue weighted by Gasteiger charge is -2.36. The van der Waals surface area contributed by atoms with Crippen molar-refractivity contribution < 1.29 is 4.79 Å². The topological polar surface area (TPSA) is 73.9 Å². The van der Waals surface area contributed by atoms with Crippen molar-refractivity contribution >= 4 is 17.4 Å². The Balaban J connectivity index is 1.50. The van der Waals surface area contributed by atoms with Gasteiger partial charge in [0, 0.05) is 29.9 Å². The molecule has 1 aliphatic heterocycles. The first-order chi connectivity index (χ1) is 11.3. The summed E-state index contributed by atoms with van der Waals surface area (Å²) in [5.41, 5.74) is 1.09. The smallest absolute Gasteiger partial charge is 0.318 e. The van der Waals surface area contributed by atoms with Crippen LogP contribution in [-0.2, 0) is 0 Å². The third-order valence-corrected chi connectivity index (χ3v) is 5.62. The quantitative estimate of drug-likeness (QED) is 0.903. The highest BCUT2D eigenvalue weighted by molar-refractivity contribution is 7.09. The molecule has 1 saturated carbocycles. The van der Waals surface area contributed by atoms with Crippen LogP contribution in [0.2, 0.25) is 0 Å². The number of carbonyl (C=O) groups is 1. The van der Waals surface area contributed by atoms with E-state index in [1.54, 1.807) is 11.3 Å². The SMILES string of the molecule is O=C(N[C@@H](c1nccs1)C1CC1)N1CCCC[C@@H]1c1cn[nH]c1. The van der Waals surface area contributed by atoms with Crippen molar-refractivity contribution in [3.63, 3.8) is 0 Å². The van der Waals surface area contributed by atoms with Crippen molar-refractivity contribution in [2.75, 3.05) is 6.54 Å². The number of H-pyrrole nitrogens is 1. The van der Waals surface area contributed by atoms with Crippen LogP contribution in [0.15, 0.2) is 24.0 Å². The van der Waals surface area contributed by atoms with Crippen molar-refractivity contribution in [1.82, 2.24) is 25.4 Å². The number of nitrogens with one attached hydrogen (secondary N) is 2. The molecule has 0 unspecified atom stereocenters. The van der Waals surface area contributed by atoms with Crippen molar-refractivity contribution in [1.29, 1.82) is 0 Å². The summed E-state index contributed by atoms with van der Waals surface area (Å²) in [6.07, 6.45) is 11.1. The van der Waals surface area contributed by atoms with Crippen molar-refractivity contribution in [3.05, 3.63) is 34.5 Å². The van der Waals surface area contributed by atoms with E-state index in [0.29, 0.717) is 5.92 Å². The third-order valence-electron chi connectivity index (χ3n) is 4.76. The maximum absolute atomic E-state index is 12.9. The minimum absolute atomic E-state index is 0.0306. The average molecular weight is 331 g/mol. The summed E-state index contributed by atoms with van der Waals surface area (Å²) >= 11 is 1.63. The summed E-state index contributed by atoms with van der Waals surface area (Å²) in [7, 11) is 0. The number of thiazole rings is 1. The zero-order valence-electron chi connectivity index (χ0n) is 12.9. The maximum atomic E-state index is 12.9. The molecule has 6 nitrogen and oxygen atoms in total. The summed E-state index contributed by atoms with van der Waals surface area (Å²) in [6.45, 7) is 0.803. The largest absolute Gasteiger partial charge is 0.328 e. The Morgan fingerprint density at radius 2 is 2.30 bits per heavy atom. The number of likely N-dealkylation sites (tertiary alicyclic amines) is 1. The third kappa shape index (κ3) is 3.10. The number of piperidine rings is 1. The van der Waals surface area contributed by atoms with Crippen LogP contribution >= 0.6 is 11.3 Å². The molecule has 2 fully saturated rings. The molecule has 23 heavy (non-hydrogen) atoms. The molecule has 2 atom stereocenters. The van der Waals surface area contributed by atoms with Gasteiger partial charge in [-0.3, -0.25) is 5.10 Å². The highest BCUT2D eigenvalue weighted by atomic mass is 32.1. The van der Waals surface area contributed by atoms with Gasteiger partial charge in [0.15, 0.2) is 0 Å². The number of hydrogen-bond acceptors (Lipinski definition) is 4. The van der Waals surface area contributed by atoms with Gasteiger partial charge in [0.1, 0.15) is 5.01 Å². The Bertz CT molecular complexity index is 637. The van der Waals surface area contributed by atoms with Crippen LogP contribution in [0, 0.1) is 5.92 Å². The van der Waals surface area contributed by atoms with Crippen molar-refractivity contribution in [2.24, 2.45) is 5.92 Å². The van der Waals surface area contributed by atoms with Crippen LogP contribution in [0.4, 0.5) is 4.79 Å². The predicted molar refractivity (Wildman–Crippen MR) is 88.0 cm³/mol. The van der Waals surface area contributed by atoms with Crippen LogP contribution in [0.5, 0.6) is 0 Å². The highest BCUT2D eigenvalue weighted by Crippen LogP contribution is 2.42. The van der Waals surface area contributed by atoms with E-state index in [1.165, 1.54) is 12.8 Å². The molecule has 2 aromatic heterocycles. The van der Waals surface area contributed by atoms with E-state index < -0.39 is 0 Å². The van der Waals surface area contributed by atoms with Gasteiger partial charge in [-0.05, 0) is 38.0 Å². The molecule has 2 N–H and O–H groups in total. The van der Waals surface area contributed by atoms with Crippen LogP contribution in [0.25, 0.3) is 0 Å². The van der Waals surface area contributed by atoms with E-state index in [-0.39, 0.29) is 18.1 Å². The molecule has 0 spiro atoms. The first-order valence-corrected chi connectivity index (χ1v) is 9.16. The highest BCUT2D eigenvalue weighted by Gasteiger charge is 2.37. The molecule has 3 heterocycles. The molecule has 0 radical (unpaired) electrons. The second-order valence-corrected chi connectivity index (χ2v) is 7.30. The summed E-state index contributed by atoms with van der Waals surface area (Å²) in [5.74, 6) is 0.544. The number of aromatic nitrogens is 3. The first kappa shape index (κ1) is 14.7. The number of amides is 2. The van der Waals surface area contributed by atoms with Crippen LogP contribution < -0.4 is 5.32 Å². The fourth-order valence-electron chi connectivity index (χ4n) is 3.38. The second-order valence-electron chi connectivity index (χ2n) is 6.37. The van der Waals surface area contributed by atoms with E-state index in [1.807, 2.05) is 28.9 Å². The molecule has 4 rings (SSSR count). The van der Waals surface area contributed by atoms with Gasteiger partial charge in [0.25, 0.3) is 0 Å². The lowest BCUT2D eigenvalue weighted by molar-refractivity contribution is 0.147. The summed E-state index contributed by atoms with van der Waals surface area (Å²) in [4.78, 5) is 19.3. The summed E-state index contributed by atoms with van der Waals surface area (Å²) in [6, 6.07) is 0.219. The minimum Gasteiger partial charge on any atom is -0.328 e. The number of urea groups is 1. The van der Waals surface area contributed by atoms with Gasteiger partial charge < -0.3 is 10.2 Å². The van der Waals surface area contributed by atoms with Crippen molar-refractivity contribution in [3.8, 4) is 0 Å². The fourth-order valence-corrected chi connectivity index (χ4v) is 4.16. The molecular weight excluding hydrogens is 310 g/mol. The standard InChI is InChI=1S/C16H21N5OS/c22-16(20-14(11-4-5-11)15-17-6-8-23-15)21-7-2-1-3-13(21)12-9-18-19-10-12/h6,8-11,13-14H,1-5,7H2,(H,18,19)(H,20,22)/t13-,14-/m1/s1. The van der Waals surface area contributed by atoms with E-state index in [2.05, 4.69) is 20.5 Å². The van der Waals surface area contributed by atoms with Gasteiger partial charge in [-0.25, -0.2) is 9.78 Å². The van der Waals surface area contributed by atoms with E-state index in [9.17, 15) is 4.79 Å². The van der Waals surface area contributed by atoms with Gasteiger partial charge in [-0.2, -0.15) is 5.10 Å². The van der Waals surface area contributed by atoms with Crippen molar-refractivity contribution in [2.45, 2.75) is 44.2 Å². The molecular formula is C16H21N5OS. The molecule has 1 saturated heterocycles. The van der Waals surface area contributed by atoms with E-state index in [0.717, 1.165) is 36.4 Å². The van der Waals surface area contributed by atoms with Gasteiger partial charge in [0.05, 0.1) is 18.3 Å². The van der Waals surface area contributed by atoms with Gasteiger partial charge in [-0.15, -0.1) is 11.3 Å². The number of carbonyl (C=O) groups excluding carboxylic acids is 1. The maximum Gasteiger partial charge on any atom is 0.318 e. The van der Waals surface area contributed by atoms with E-state index in [4.69, 9.17) is 0 Å². The Hall–Kier alpha value is -1.89. The van der Waals surface area contributed by atoms with Crippen LogP contribution in [-0.4, -0.2) is 32.7 Å².